The summed E-state index contributed by atoms with van der Waals surface area (Å²) in [6.45, 7) is 2.39. The summed E-state index contributed by atoms with van der Waals surface area (Å²) in [5, 5.41) is 18.0. The Morgan fingerprint density at radius 3 is 2.89 bits per heavy atom. The van der Waals surface area contributed by atoms with Crippen LogP contribution in [0.3, 0.4) is 0 Å². The molecular formula is C11H11ClN4O3. The van der Waals surface area contributed by atoms with Gasteiger partial charge in [0.1, 0.15) is 0 Å². The summed E-state index contributed by atoms with van der Waals surface area (Å²) in [7, 11) is 0. The molecule has 0 spiro atoms. The Balaban J connectivity index is 2.01. The van der Waals surface area contributed by atoms with Gasteiger partial charge < -0.3 is 9.84 Å². The Hall–Kier alpha value is -1.99. The predicted octanol–water partition coefficient (Wildman–Crippen LogP) is 2.23. The van der Waals surface area contributed by atoms with Crippen LogP contribution in [-0.2, 0) is 13.1 Å². The highest BCUT2D eigenvalue weighted by Crippen LogP contribution is 2.22. The number of nitrogens with zero attached hydrogens (tertiary/aromatic N) is 3. The molecule has 2 rings (SSSR count). The van der Waals surface area contributed by atoms with Crippen molar-refractivity contribution in [3.05, 3.63) is 50.6 Å². The van der Waals surface area contributed by atoms with Crippen LogP contribution >= 0.6 is 11.6 Å². The Labute approximate surface area is 113 Å². The van der Waals surface area contributed by atoms with Crippen molar-refractivity contribution < 1.29 is 9.45 Å². The van der Waals surface area contributed by atoms with E-state index in [9.17, 15) is 10.1 Å². The zero-order valence-corrected chi connectivity index (χ0v) is 10.8. The first kappa shape index (κ1) is 13.4. The summed E-state index contributed by atoms with van der Waals surface area (Å²) in [4.78, 5) is 14.5. The molecule has 100 valence electrons. The summed E-state index contributed by atoms with van der Waals surface area (Å²) in [5.41, 5.74) is 0.541. The van der Waals surface area contributed by atoms with Crippen molar-refractivity contribution in [2.24, 2.45) is 0 Å². The number of aromatic nitrogens is 2. The lowest BCUT2D eigenvalue weighted by molar-refractivity contribution is -0.385. The van der Waals surface area contributed by atoms with E-state index in [0.717, 1.165) is 0 Å². The monoisotopic (exact) mass is 282 g/mol. The largest absolute Gasteiger partial charge is 0.340 e. The van der Waals surface area contributed by atoms with Gasteiger partial charge in [-0.15, -0.1) is 0 Å². The highest BCUT2D eigenvalue weighted by molar-refractivity contribution is 6.30. The van der Waals surface area contributed by atoms with E-state index in [1.165, 1.54) is 6.07 Å². The highest BCUT2D eigenvalue weighted by atomic mass is 35.5. The van der Waals surface area contributed by atoms with Gasteiger partial charge in [0, 0.05) is 30.1 Å². The smallest absolute Gasteiger partial charge is 0.275 e. The Bertz CT molecular complexity index is 599. The van der Waals surface area contributed by atoms with E-state index in [1.807, 2.05) is 0 Å². The standard InChI is InChI=1S/C11H11ClN4O3/c1-7-14-11(15-19-7)6-13-5-8-2-3-9(12)4-10(8)16(17)18/h2-4,13H,5-6H2,1H3. The van der Waals surface area contributed by atoms with Gasteiger partial charge in [0.15, 0.2) is 5.82 Å². The minimum Gasteiger partial charge on any atom is -0.340 e. The van der Waals surface area contributed by atoms with Gasteiger partial charge in [-0.2, -0.15) is 4.98 Å². The summed E-state index contributed by atoms with van der Waals surface area (Å²) >= 11 is 5.74. The number of halogens is 1. The lowest BCUT2D eigenvalue weighted by Gasteiger charge is -2.04. The van der Waals surface area contributed by atoms with Crippen LogP contribution in [0.5, 0.6) is 0 Å². The zero-order valence-electron chi connectivity index (χ0n) is 10.1. The van der Waals surface area contributed by atoms with Gasteiger partial charge in [0.25, 0.3) is 5.69 Å². The van der Waals surface area contributed by atoms with Crippen molar-refractivity contribution in [3.8, 4) is 0 Å². The van der Waals surface area contributed by atoms with E-state index in [-0.39, 0.29) is 5.69 Å². The molecule has 2 aromatic rings. The molecule has 0 fully saturated rings. The van der Waals surface area contributed by atoms with Crippen LogP contribution in [0.1, 0.15) is 17.3 Å². The first-order valence-electron chi connectivity index (χ1n) is 5.49. The van der Waals surface area contributed by atoms with Crippen LogP contribution in [0, 0.1) is 17.0 Å². The molecule has 0 atom stereocenters. The molecule has 19 heavy (non-hydrogen) atoms. The zero-order chi connectivity index (χ0) is 13.8. The fourth-order valence-corrected chi connectivity index (χ4v) is 1.74. The second-order valence-corrected chi connectivity index (χ2v) is 4.30. The first-order valence-corrected chi connectivity index (χ1v) is 5.87. The number of benzene rings is 1. The third-order valence-electron chi connectivity index (χ3n) is 2.41. The minimum absolute atomic E-state index is 0.00991. The first-order chi connectivity index (χ1) is 9.06. The van der Waals surface area contributed by atoms with Crippen molar-refractivity contribution in [2.75, 3.05) is 0 Å². The number of hydrogen-bond donors (Lipinski definition) is 1. The quantitative estimate of drug-likeness (QED) is 0.667. The topological polar surface area (TPSA) is 94.1 Å². The molecule has 1 aromatic heterocycles. The molecule has 0 radical (unpaired) electrons. The molecule has 0 aliphatic carbocycles. The van der Waals surface area contributed by atoms with Crippen LogP contribution < -0.4 is 5.32 Å². The lowest BCUT2D eigenvalue weighted by Crippen LogP contribution is -2.14. The molecule has 0 bridgehead atoms. The van der Waals surface area contributed by atoms with Crippen molar-refractivity contribution in [3.63, 3.8) is 0 Å². The normalized spacial score (nSPS) is 10.6. The Morgan fingerprint density at radius 1 is 1.47 bits per heavy atom. The third-order valence-corrected chi connectivity index (χ3v) is 2.65. The molecule has 1 heterocycles. The SMILES string of the molecule is Cc1nc(CNCc2ccc(Cl)cc2[N+](=O)[O-])no1. The number of nitro groups is 1. The van der Waals surface area contributed by atoms with E-state index < -0.39 is 4.92 Å². The maximum Gasteiger partial charge on any atom is 0.275 e. The number of aryl methyl sites for hydroxylation is 1. The van der Waals surface area contributed by atoms with Gasteiger partial charge in [-0.25, -0.2) is 0 Å². The van der Waals surface area contributed by atoms with Gasteiger partial charge in [-0.1, -0.05) is 16.8 Å². The third kappa shape index (κ3) is 3.49. The van der Waals surface area contributed by atoms with E-state index in [0.29, 0.717) is 35.4 Å². The number of nitro benzene ring substituents is 1. The lowest BCUT2D eigenvalue weighted by atomic mass is 10.2. The van der Waals surface area contributed by atoms with Crippen LogP contribution in [-0.4, -0.2) is 15.1 Å². The average Bonchev–Trinajstić information content (AvgIpc) is 2.77. The van der Waals surface area contributed by atoms with Crippen molar-refractivity contribution >= 4 is 17.3 Å². The molecule has 0 saturated carbocycles. The summed E-state index contributed by atoms with van der Waals surface area (Å²) in [5.74, 6) is 0.989. The van der Waals surface area contributed by atoms with E-state index in [4.69, 9.17) is 16.1 Å². The molecule has 0 amide bonds. The molecule has 0 unspecified atom stereocenters. The highest BCUT2D eigenvalue weighted by Gasteiger charge is 2.14. The molecule has 1 N–H and O–H groups in total. The van der Waals surface area contributed by atoms with Crippen molar-refractivity contribution in [2.45, 2.75) is 20.0 Å². The summed E-state index contributed by atoms with van der Waals surface area (Å²) < 4.78 is 4.82. The number of hydrogen-bond acceptors (Lipinski definition) is 6. The number of nitrogens with one attached hydrogen (secondary N) is 1. The molecule has 0 saturated heterocycles. The van der Waals surface area contributed by atoms with E-state index in [2.05, 4.69) is 15.5 Å². The molecule has 8 heteroatoms. The Kier molecular flexibility index (Phi) is 4.08. The average molecular weight is 283 g/mol. The fraction of sp³-hybridized carbons (Fsp3) is 0.273. The van der Waals surface area contributed by atoms with E-state index >= 15 is 0 Å². The maximum atomic E-state index is 10.9. The molecular weight excluding hydrogens is 272 g/mol. The second-order valence-electron chi connectivity index (χ2n) is 3.86. The van der Waals surface area contributed by atoms with Crippen LogP contribution in [0.15, 0.2) is 22.7 Å². The van der Waals surface area contributed by atoms with Crippen LogP contribution in [0.2, 0.25) is 5.02 Å². The van der Waals surface area contributed by atoms with Crippen molar-refractivity contribution in [1.29, 1.82) is 0 Å². The van der Waals surface area contributed by atoms with Crippen LogP contribution in [0.25, 0.3) is 0 Å². The summed E-state index contributed by atoms with van der Waals surface area (Å²) in [6, 6.07) is 4.57. The van der Waals surface area contributed by atoms with E-state index in [1.54, 1.807) is 19.1 Å². The fourth-order valence-electron chi connectivity index (χ4n) is 1.58. The molecule has 1 aromatic carbocycles. The number of rotatable bonds is 5. The second kappa shape index (κ2) is 5.77. The summed E-state index contributed by atoms with van der Waals surface area (Å²) in [6.07, 6.45) is 0. The molecule has 0 aliphatic rings. The molecule has 7 nitrogen and oxygen atoms in total. The van der Waals surface area contributed by atoms with Crippen molar-refractivity contribution in [1.82, 2.24) is 15.5 Å². The minimum atomic E-state index is -0.457. The maximum absolute atomic E-state index is 10.9. The van der Waals surface area contributed by atoms with Gasteiger partial charge in [0.05, 0.1) is 11.5 Å². The predicted molar refractivity (Wildman–Crippen MR) is 67.7 cm³/mol. The van der Waals surface area contributed by atoms with Gasteiger partial charge in [-0.05, 0) is 12.1 Å². The molecule has 0 aliphatic heterocycles. The van der Waals surface area contributed by atoms with Crippen LogP contribution in [0.4, 0.5) is 5.69 Å². The van der Waals surface area contributed by atoms with Gasteiger partial charge >= 0.3 is 0 Å². The van der Waals surface area contributed by atoms with Gasteiger partial charge in [0.2, 0.25) is 5.89 Å². The van der Waals surface area contributed by atoms with Gasteiger partial charge in [-0.3, -0.25) is 10.1 Å². The Morgan fingerprint density at radius 2 is 2.26 bits per heavy atom.